The van der Waals surface area contributed by atoms with Crippen LogP contribution in [0.15, 0.2) is 0 Å². The van der Waals surface area contributed by atoms with E-state index in [1.165, 1.54) is 193 Å². The molecule has 2 unspecified atom stereocenters. The van der Waals surface area contributed by atoms with Crippen molar-refractivity contribution in [2.75, 3.05) is 39.6 Å². The molecule has 0 aliphatic rings. The van der Waals surface area contributed by atoms with Gasteiger partial charge in [0.2, 0.25) is 0 Å². The second kappa shape index (κ2) is 65.7. The van der Waals surface area contributed by atoms with Crippen LogP contribution in [-0.4, -0.2) is 96.7 Å². The van der Waals surface area contributed by atoms with Crippen molar-refractivity contribution < 1.29 is 80.2 Å². The molecule has 0 aromatic carbocycles. The van der Waals surface area contributed by atoms with E-state index in [0.717, 1.165) is 108 Å². The van der Waals surface area contributed by atoms with Crippen molar-refractivity contribution in [3.63, 3.8) is 0 Å². The third-order valence-corrected chi connectivity index (χ3v) is 19.3. The maximum Gasteiger partial charge on any atom is 0.472 e. The first-order valence-electron chi connectivity index (χ1n) is 38.8. The highest BCUT2D eigenvalue weighted by molar-refractivity contribution is 7.47. The Hall–Kier alpha value is -1.94. The van der Waals surface area contributed by atoms with E-state index in [2.05, 4.69) is 48.5 Å². The zero-order valence-corrected chi connectivity index (χ0v) is 63.2. The molecule has 0 heterocycles. The first kappa shape index (κ1) is 92.1. The van der Waals surface area contributed by atoms with Crippen molar-refractivity contribution in [3.8, 4) is 0 Å². The molecular formula is C75H146O17P2. The highest BCUT2D eigenvalue weighted by Gasteiger charge is 2.30. The maximum atomic E-state index is 13.1. The third-order valence-electron chi connectivity index (χ3n) is 17.4. The molecule has 0 rings (SSSR count). The molecule has 17 nitrogen and oxygen atoms in total. The average molecular weight is 1380 g/mol. The van der Waals surface area contributed by atoms with Gasteiger partial charge in [0.1, 0.15) is 19.3 Å². The molecule has 94 heavy (non-hydrogen) atoms. The SMILES string of the molecule is CCCCCCCCCCCCCCCCCCC(=O)O[C@H](COC(=O)CCCCCCCCCCCCCC(C)C)COP(=O)(O)OC[C@@H](O)COP(=O)(O)OC[C@@H](COC(=O)CCCCCCCCCCC(C)C)OC(=O)CCCCCCCCCCCCC(C)C. The largest absolute Gasteiger partial charge is 0.472 e. The summed E-state index contributed by atoms with van der Waals surface area (Å²) >= 11 is 0. The summed E-state index contributed by atoms with van der Waals surface area (Å²) in [5, 5.41) is 10.6. The monoisotopic (exact) mass is 1380 g/mol. The van der Waals surface area contributed by atoms with Crippen molar-refractivity contribution in [2.45, 2.75) is 401 Å². The van der Waals surface area contributed by atoms with Crippen molar-refractivity contribution >= 4 is 39.5 Å². The fourth-order valence-electron chi connectivity index (χ4n) is 11.4. The fraction of sp³-hybridized carbons (Fsp3) is 0.947. The number of hydrogen-bond acceptors (Lipinski definition) is 15. The smallest absolute Gasteiger partial charge is 0.462 e. The van der Waals surface area contributed by atoms with Crippen molar-refractivity contribution in [2.24, 2.45) is 17.8 Å². The Morgan fingerprint density at radius 2 is 0.489 bits per heavy atom. The molecule has 5 atom stereocenters. The molecule has 0 aliphatic carbocycles. The van der Waals surface area contributed by atoms with Gasteiger partial charge in [-0.15, -0.1) is 0 Å². The van der Waals surface area contributed by atoms with Crippen LogP contribution in [0.3, 0.4) is 0 Å². The van der Waals surface area contributed by atoms with Gasteiger partial charge in [0.25, 0.3) is 0 Å². The second-order valence-corrected chi connectivity index (χ2v) is 31.4. The zero-order valence-electron chi connectivity index (χ0n) is 61.4. The van der Waals surface area contributed by atoms with E-state index in [1.54, 1.807) is 0 Å². The zero-order chi connectivity index (χ0) is 69.4. The van der Waals surface area contributed by atoms with Gasteiger partial charge in [0.15, 0.2) is 12.2 Å². The highest BCUT2D eigenvalue weighted by atomic mass is 31.2. The van der Waals surface area contributed by atoms with E-state index in [-0.39, 0.29) is 25.7 Å². The Morgan fingerprint density at radius 3 is 0.723 bits per heavy atom. The molecule has 0 fully saturated rings. The van der Waals surface area contributed by atoms with Crippen LogP contribution in [-0.2, 0) is 65.4 Å². The van der Waals surface area contributed by atoms with Gasteiger partial charge in [-0.3, -0.25) is 37.3 Å². The highest BCUT2D eigenvalue weighted by Crippen LogP contribution is 2.45. The van der Waals surface area contributed by atoms with Gasteiger partial charge in [0.05, 0.1) is 26.4 Å². The molecule has 0 saturated heterocycles. The Kier molecular flexibility index (Phi) is 64.3. The van der Waals surface area contributed by atoms with Crippen LogP contribution in [0, 0.1) is 17.8 Å². The van der Waals surface area contributed by atoms with Gasteiger partial charge in [-0.05, 0) is 43.4 Å². The number of rotatable bonds is 73. The first-order valence-corrected chi connectivity index (χ1v) is 41.8. The van der Waals surface area contributed by atoms with Crippen LogP contribution >= 0.6 is 15.6 Å². The molecule has 0 bridgehead atoms. The van der Waals surface area contributed by atoms with Gasteiger partial charge >= 0.3 is 39.5 Å². The van der Waals surface area contributed by atoms with Crippen LogP contribution in [0.25, 0.3) is 0 Å². The molecule has 0 saturated carbocycles. The number of aliphatic hydroxyl groups excluding tert-OH is 1. The number of phosphoric acid groups is 2. The van der Waals surface area contributed by atoms with Crippen LogP contribution in [0.2, 0.25) is 0 Å². The van der Waals surface area contributed by atoms with E-state index in [0.29, 0.717) is 25.7 Å². The predicted octanol–water partition coefficient (Wildman–Crippen LogP) is 21.8. The lowest BCUT2D eigenvalue weighted by Gasteiger charge is -2.21. The number of phosphoric ester groups is 2. The molecule has 0 aromatic heterocycles. The van der Waals surface area contributed by atoms with E-state index in [4.69, 9.17) is 37.0 Å². The Balaban J connectivity index is 5.26. The number of carbonyl (C=O) groups is 4. The lowest BCUT2D eigenvalue weighted by molar-refractivity contribution is -0.161. The average Bonchev–Trinajstić information content (AvgIpc) is 3.59. The summed E-state index contributed by atoms with van der Waals surface area (Å²) in [6, 6.07) is 0. The molecule has 19 heteroatoms. The number of esters is 4. The molecule has 558 valence electrons. The minimum atomic E-state index is -4.96. The Morgan fingerprint density at radius 1 is 0.287 bits per heavy atom. The summed E-state index contributed by atoms with van der Waals surface area (Å²) < 4.78 is 68.5. The summed E-state index contributed by atoms with van der Waals surface area (Å²) in [5.74, 6) is 0.131. The minimum Gasteiger partial charge on any atom is -0.462 e. The summed E-state index contributed by atoms with van der Waals surface area (Å²) in [6.07, 6.45) is 51.3. The van der Waals surface area contributed by atoms with E-state index in [1.807, 2.05) is 0 Å². The van der Waals surface area contributed by atoms with E-state index in [9.17, 15) is 43.2 Å². The van der Waals surface area contributed by atoms with Crippen LogP contribution in [0.4, 0.5) is 0 Å². The van der Waals surface area contributed by atoms with Gasteiger partial charge in [-0.2, -0.15) is 0 Å². The van der Waals surface area contributed by atoms with Gasteiger partial charge in [0, 0.05) is 25.7 Å². The quantitative estimate of drug-likeness (QED) is 0.0222. The number of aliphatic hydroxyl groups is 1. The van der Waals surface area contributed by atoms with E-state index < -0.39 is 97.5 Å². The Bertz CT molecular complexity index is 1840. The molecule has 0 aliphatic heterocycles. The molecule has 0 amide bonds. The van der Waals surface area contributed by atoms with Crippen LogP contribution in [0.1, 0.15) is 382 Å². The molecule has 0 spiro atoms. The number of unbranched alkanes of at least 4 members (excludes halogenated alkanes) is 41. The summed E-state index contributed by atoms with van der Waals surface area (Å²) in [7, 11) is -9.91. The lowest BCUT2D eigenvalue weighted by Crippen LogP contribution is -2.30. The molecule has 0 aromatic rings. The first-order chi connectivity index (χ1) is 45.2. The molecular weight excluding hydrogens is 1230 g/mol. The normalized spacial score (nSPS) is 14.1. The third kappa shape index (κ3) is 68.6. The molecule has 3 N–H and O–H groups in total. The summed E-state index contributed by atoms with van der Waals surface area (Å²) in [6.45, 7) is 11.9. The van der Waals surface area contributed by atoms with E-state index >= 15 is 0 Å². The van der Waals surface area contributed by atoms with Gasteiger partial charge in [-0.25, -0.2) is 9.13 Å². The standard InChI is InChI=1S/C75H146O17P2/c1-8-9-10-11-12-13-14-15-16-17-18-21-28-37-44-51-58-74(79)91-70(62-85-72(77)56-49-42-35-27-22-19-20-25-32-39-46-53-66(2)3)64-89-93(81,82)87-60-69(76)61-88-94(83,84)90-65-71(63-86-73(78)57-50-43-36-31-30-34-41-48-55-68(6)7)92-75(80)59-52-45-38-29-24-23-26-33-40-47-54-67(4)5/h66-71,76H,8-65H2,1-7H3,(H,81,82)(H,83,84)/t69-,70-,71-/m1/s1. The number of ether oxygens (including phenoxy) is 4. The topological polar surface area (TPSA) is 237 Å². The Labute approximate surface area is 575 Å². The fourth-order valence-corrected chi connectivity index (χ4v) is 13.0. The second-order valence-electron chi connectivity index (χ2n) is 28.5. The van der Waals surface area contributed by atoms with Crippen LogP contribution in [0.5, 0.6) is 0 Å². The molecule has 0 radical (unpaired) electrons. The summed E-state index contributed by atoms with van der Waals surface area (Å²) in [4.78, 5) is 72.8. The van der Waals surface area contributed by atoms with Crippen molar-refractivity contribution in [3.05, 3.63) is 0 Å². The maximum absolute atomic E-state index is 13.1. The van der Waals surface area contributed by atoms with Gasteiger partial charge in [-0.1, -0.05) is 331 Å². The number of carbonyl (C=O) groups excluding carboxylic acids is 4. The minimum absolute atomic E-state index is 0.105. The van der Waals surface area contributed by atoms with Gasteiger partial charge < -0.3 is 33.8 Å². The van der Waals surface area contributed by atoms with Crippen molar-refractivity contribution in [1.29, 1.82) is 0 Å². The lowest BCUT2D eigenvalue weighted by atomic mass is 10.0. The summed E-state index contributed by atoms with van der Waals surface area (Å²) in [5.41, 5.74) is 0. The van der Waals surface area contributed by atoms with Crippen molar-refractivity contribution in [1.82, 2.24) is 0 Å². The number of hydrogen-bond donors (Lipinski definition) is 3. The predicted molar refractivity (Wildman–Crippen MR) is 381 cm³/mol. The van der Waals surface area contributed by atoms with Crippen LogP contribution < -0.4 is 0 Å².